The van der Waals surface area contributed by atoms with Crippen LogP contribution in [-0.4, -0.2) is 47.1 Å². The molecule has 1 fully saturated rings. The van der Waals surface area contributed by atoms with Crippen molar-refractivity contribution in [2.75, 3.05) is 18.1 Å². The number of unbranched alkanes of at least 4 members (excludes halogenated alkanes) is 1. The fourth-order valence-corrected chi connectivity index (χ4v) is 6.04. The number of aryl methyl sites for hydroxylation is 1. The van der Waals surface area contributed by atoms with Gasteiger partial charge >= 0.3 is 11.9 Å². The molecule has 218 valence electrons. The number of esters is 1. The standard InChI is InChI=1S/C32H32N2O7S/c1-5-7-14-39-23-10-8-9-20(17-23)26-25(27(35)21-11-12-24-22(16-21)15-18(3)41-24)28(36)30(37)34(26)32-33-19(4)29(42-32)31(38)40-13-6-2/h6,8-12,16-18,26,35H,2,5,7,13-15H2,1,3-4H3/b27-25-. The molecule has 2 atom stereocenters. The molecule has 0 radical (unpaired) electrons. The third-order valence-electron chi connectivity index (χ3n) is 7.06. The summed E-state index contributed by atoms with van der Waals surface area (Å²) in [5, 5.41) is 11.7. The molecule has 0 saturated carbocycles. The lowest BCUT2D eigenvalue weighted by atomic mass is 9.94. The van der Waals surface area contributed by atoms with Crippen molar-refractivity contribution in [3.63, 3.8) is 0 Å². The molecule has 2 unspecified atom stereocenters. The number of aliphatic hydroxyl groups is 1. The van der Waals surface area contributed by atoms with Crippen molar-refractivity contribution in [1.82, 2.24) is 4.98 Å². The lowest BCUT2D eigenvalue weighted by Crippen LogP contribution is -2.29. The molecule has 2 aromatic carbocycles. The van der Waals surface area contributed by atoms with Gasteiger partial charge in [-0.1, -0.05) is 49.5 Å². The lowest BCUT2D eigenvalue weighted by Gasteiger charge is -2.23. The van der Waals surface area contributed by atoms with Gasteiger partial charge in [0.2, 0.25) is 0 Å². The van der Waals surface area contributed by atoms with E-state index in [4.69, 9.17) is 14.2 Å². The summed E-state index contributed by atoms with van der Waals surface area (Å²) in [6, 6.07) is 11.3. The Hall–Kier alpha value is -4.44. The zero-order valence-corrected chi connectivity index (χ0v) is 24.5. The van der Waals surface area contributed by atoms with E-state index in [2.05, 4.69) is 18.5 Å². The summed E-state index contributed by atoms with van der Waals surface area (Å²) in [6.07, 6.45) is 3.94. The summed E-state index contributed by atoms with van der Waals surface area (Å²) in [4.78, 5) is 45.9. The van der Waals surface area contributed by atoms with Crippen molar-refractivity contribution >= 4 is 39.9 Å². The Labute approximate surface area is 248 Å². The average molecular weight is 589 g/mol. The lowest BCUT2D eigenvalue weighted by molar-refractivity contribution is -0.132. The number of hydrogen-bond acceptors (Lipinski definition) is 9. The first-order chi connectivity index (χ1) is 20.2. The average Bonchev–Trinajstić information content (AvgIpc) is 3.63. The highest BCUT2D eigenvalue weighted by atomic mass is 32.1. The number of fused-ring (bicyclic) bond motifs is 1. The maximum Gasteiger partial charge on any atom is 0.350 e. The number of Topliss-reactive ketones (excluding diaryl/α,β-unsaturated/α-hetero) is 1. The number of benzene rings is 2. The predicted octanol–water partition coefficient (Wildman–Crippen LogP) is 5.92. The molecule has 9 nitrogen and oxygen atoms in total. The molecule has 1 aromatic heterocycles. The van der Waals surface area contributed by atoms with E-state index >= 15 is 0 Å². The number of anilines is 1. The Morgan fingerprint density at radius 2 is 2.07 bits per heavy atom. The minimum Gasteiger partial charge on any atom is -0.507 e. The van der Waals surface area contributed by atoms with Gasteiger partial charge in [0.15, 0.2) is 5.13 Å². The van der Waals surface area contributed by atoms with Gasteiger partial charge in [0.25, 0.3) is 5.78 Å². The molecular weight excluding hydrogens is 556 g/mol. The predicted molar refractivity (Wildman–Crippen MR) is 159 cm³/mol. The third kappa shape index (κ3) is 5.54. The number of carbonyl (C=O) groups is 3. The normalized spacial score (nSPS) is 19.0. The molecule has 5 rings (SSSR count). The summed E-state index contributed by atoms with van der Waals surface area (Å²) < 4.78 is 16.9. The first kappa shape index (κ1) is 29.1. The van der Waals surface area contributed by atoms with Crippen LogP contribution in [0.4, 0.5) is 5.13 Å². The topological polar surface area (TPSA) is 115 Å². The van der Waals surface area contributed by atoms with Crippen LogP contribution in [0.5, 0.6) is 11.5 Å². The first-order valence-electron chi connectivity index (χ1n) is 13.8. The van der Waals surface area contributed by atoms with Gasteiger partial charge < -0.3 is 19.3 Å². The van der Waals surface area contributed by atoms with Crippen LogP contribution in [0, 0.1) is 6.92 Å². The second-order valence-electron chi connectivity index (χ2n) is 10.2. The van der Waals surface area contributed by atoms with Crippen molar-refractivity contribution in [2.45, 2.75) is 52.2 Å². The molecular formula is C32H32N2O7S. The fourth-order valence-electron chi connectivity index (χ4n) is 5.05. The third-order valence-corrected chi connectivity index (χ3v) is 8.20. The van der Waals surface area contributed by atoms with E-state index in [0.29, 0.717) is 35.6 Å². The van der Waals surface area contributed by atoms with E-state index in [0.717, 1.165) is 35.5 Å². The molecule has 1 N–H and O–H groups in total. The number of thiazole rings is 1. The number of amides is 1. The molecule has 0 aliphatic carbocycles. The van der Waals surface area contributed by atoms with E-state index < -0.39 is 23.7 Å². The summed E-state index contributed by atoms with van der Waals surface area (Å²) in [6.45, 7) is 9.74. The van der Waals surface area contributed by atoms with Crippen molar-refractivity contribution in [1.29, 1.82) is 0 Å². The number of ether oxygens (including phenoxy) is 3. The van der Waals surface area contributed by atoms with Gasteiger partial charge in [0.05, 0.1) is 23.9 Å². The first-order valence-corrected chi connectivity index (χ1v) is 14.6. The zero-order valence-electron chi connectivity index (χ0n) is 23.7. The second kappa shape index (κ2) is 12.2. The van der Waals surface area contributed by atoms with E-state index in [1.807, 2.05) is 6.92 Å². The number of rotatable bonds is 10. The van der Waals surface area contributed by atoms with Gasteiger partial charge in [0, 0.05) is 12.0 Å². The summed E-state index contributed by atoms with van der Waals surface area (Å²) in [5.41, 5.74) is 2.12. The van der Waals surface area contributed by atoms with Crippen LogP contribution < -0.4 is 14.4 Å². The number of nitrogens with zero attached hydrogens (tertiary/aromatic N) is 2. The molecule has 3 aromatic rings. The molecule has 1 amide bonds. The maximum absolute atomic E-state index is 13.6. The number of carbonyl (C=O) groups excluding carboxylic acids is 3. The monoisotopic (exact) mass is 588 g/mol. The number of ketones is 1. The Bertz CT molecular complexity index is 1590. The minimum atomic E-state index is -1.02. The molecule has 0 bridgehead atoms. The van der Waals surface area contributed by atoms with Gasteiger partial charge in [-0.2, -0.15) is 0 Å². The minimum absolute atomic E-state index is 0.000988. The van der Waals surface area contributed by atoms with E-state index in [1.165, 1.54) is 11.0 Å². The highest BCUT2D eigenvalue weighted by molar-refractivity contribution is 7.17. The number of hydrogen-bond donors (Lipinski definition) is 1. The Morgan fingerprint density at radius 3 is 2.83 bits per heavy atom. The molecule has 0 spiro atoms. The second-order valence-corrected chi connectivity index (χ2v) is 11.2. The van der Waals surface area contributed by atoms with Crippen LogP contribution in [0.25, 0.3) is 5.76 Å². The van der Waals surface area contributed by atoms with Gasteiger partial charge in [-0.05, 0) is 61.7 Å². The Morgan fingerprint density at radius 1 is 1.26 bits per heavy atom. The summed E-state index contributed by atoms with van der Waals surface area (Å²) in [5.74, 6) is -1.34. The van der Waals surface area contributed by atoms with Crippen molar-refractivity contribution in [2.24, 2.45) is 0 Å². The van der Waals surface area contributed by atoms with Crippen LogP contribution in [0.2, 0.25) is 0 Å². The van der Waals surface area contributed by atoms with Gasteiger partial charge in [0.1, 0.15) is 34.8 Å². The molecule has 1 saturated heterocycles. The van der Waals surface area contributed by atoms with Crippen LogP contribution in [0.15, 0.2) is 60.7 Å². The molecule has 3 heterocycles. The van der Waals surface area contributed by atoms with Crippen molar-refractivity contribution in [3.05, 3.63) is 88.0 Å². The number of aromatic nitrogens is 1. The largest absolute Gasteiger partial charge is 0.507 e. The Kier molecular flexibility index (Phi) is 8.44. The van der Waals surface area contributed by atoms with Crippen molar-refractivity contribution < 1.29 is 33.7 Å². The highest BCUT2D eigenvalue weighted by Crippen LogP contribution is 2.45. The smallest absolute Gasteiger partial charge is 0.350 e. The zero-order chi connectivity index (χ0) is 30.0. The van der Waals surface area contributed by atoms with Crippen LogP contribution in [0.1, 0.15) is 64.8 Å². The van der Waals surface area contributed by atoms with Gasteiger partial charge in [-0.3, -0.25) is 14.5 Å². The van der Waals surface area contributed by atoms with Crippen molar-refractivity contribution in [3.8, 4) is 11.5 Å². The summed E-state index contributed by atoms with van der Waals surface area (Å²) >= 11 is 0.948. The number of aliphatic hydroxyl groups excluding tert-OH is 1. The Balaban J connectivity index is 1.63. The molecule has 10 heteroatoms. The van der Waals surface area contributed by atoms with Gasteiger partial charge in [-0.15, -0.1) is 0 Å². The van der Waals surface area contributed by atoms with Crippen LogP contribution in [-0.2, 0) is 20.7 Å². The van der Waals surface area contributed by atoms with Gasteiger partial charge in [-0.25, -0.2) is 9.78 Å². The summed E-state index contributed by atoms with van der Waals surface area (Å²) in [7, 11) is 0. The van der Waals surface area contributed by atoms with E-state index in [9.17, 15) is 19.5 Å². The molecule has 2 aliphatic heterocycles. The fraction of sp³-hybridized carbons (Fsp3) is 0.312. The molecule has 42 heavy (non-hydrogen) atoms. The van der Waals surface area contributed by atoms with Crippen LogP contribution >= 0.6 is 11.3 Å². The molecule has 2 aliphatic rings. The van der Waals surface area contributed by atoms with E-state index in [-0.39, 0.29) is 34.1 Å². The van der Waals surface area contributed by atoms with E-state index in [1.54, 1.807) is 49.4 Å². The van der Waals surface area contributed by atoms with Crippen LogP contribution in [0.3, 0.4) is 0 Å². The SMILES string of the molecule is C=CCOC(=O)c1sc(N2C(=O)C(=O)/C(=C(\O)c3ccc4c(c3)CC(C)O4)C2c2cccc(OCCCC)c2)nc1C. The maximum atomic E-state index is 13.6. The quantitative estimate of drug-likeness (QED) is 0.0775. The highest BCUT2D eigenvalue weighted by Gasteiger charge is 2.48.